The van der Waals surface area contributed by atoms with Crippen LogP contribution in [-0.4, -0.2) is 67.5 Å². The zero-order valence-corrected chi connectivity index (χ0v) is 21.0. The molecule has 2 aromatic carbocycles. The molecule has 9 heteroatoms. The second-order valence-electron chi connectivity index (χ2n) is 9.29. The van der Waals surface area contributed by atoms with Gasteiger partial charge in [-0.05, 0) is 69.4 Å². The Labute approximate surface area is 214 Å². The van der Waals surface area contributed by atoms with Crippen molar-refractivity contribution in [2.45, 2.75) is 19.4 Å². The Morgan fingerprint density at radius 3 is 2.32 bits per heavy atom. The van der Waals surface area contributed by atoms with E-state index in [9.17, 15) is 23.6 Å². The van der Waals surface area contributed by atoms with Gasteiger partial charge in [0.2, 0.25) is 0 Å². The van der Waals surface area contributed by atoms with Crippen LogP contribution in [0.5, 0.6) is 11.5 Å². The second kappa shape index (κ2) is 11.0. The minimum absolute atomic E-state index is 0.101. The van der Waals surface area contributed by atoms with Crippen LogP contribution in [0.25, 0.3) is 0 Å². The van der Waals surface area contributed by atoms with Crippen molar-refractivity contribution in [1.82, 2.24) is 9.80 Å². The number of benzene rings is 2. The summed E-state index contributed by atoms with van der Waals surface area (Å²) in [7, 11) is 4.93. The maximum atomic E-state index is 13.7. The van der Waals surface area contributed by atoms with Crippen LogP contribution in [0.3, 0.4) is 0 Å². The minimum atomic E-state index is -1.45. The van der Waals surface area contributed by atoms with Crippen molar-refractivity contribution < 1.29 is 33.0 Å². The van der Waals surface area contributed by atoms with E-state index in [1.54, 1.807) is 18.2 Å². The van der Waals surface area contributed by atoms with Crippen molar-refractivity contribution in [2.24, 2.45) is 11.8 Å². The Bertz CT molecular complexity index is 1250. The molecule has 2 aliphatic rings. The second-order valence-corrected chi connectivity index (χ2v) is 9.29. The number of imide groups is 1. The first-order chi connectivity index (χ1) is 17.7. The molecule has 0 aromatic heterocycles. The number of Topliss-reactive ketones (excluding diaryl/α,β-unsaturated/α-hetero) is 2. The van der Waals surface area contributed by atoms with Crippen molar-refractivity contribution in [2.75, 3.05) is 34.4 Å². The van der Waals surface area contributed by atoms with E-state index in [-0.39, 0.29) is 17.7 Å². The van der Waals surface area contributed by atoms with Gasteiger partial charge in [0.1, 0.15) is 23.2 Å². The number of hydrogen-bond acceptors (Lipinski definition) is 7. The van der Waals surface area contributed by atoms with E-state index in [4.69, 9.17) is 9.47 Å². The third-order valence-corrected chi connectivity index (χ3v) is 6.97. The lowest BCUT2D eigenvalue weighted by Crippen LogP contribution is -2.40. The summed E-state index contributed by atoms with van der Waals surface area (Å²) in [6.45, 7) is 1.26. The maximum Gasteiger partial charge on any atom is 0.258 e. The zero-order chi connectivity index (χ0) is 26.7. The van der Waals surface area contributed by atoms with Gasteiger partial charge in [-0.25, -0.2) is 4.39 Å². The van der Waals surface area contributed by atoms with Gasteiger partial charge in [0.05, 0.1) is 20.8 Å². The number of piperidine rings is 1. The van der Waals surface area contributed by atoms with Gasteiger partial charge in [-0.3, -0.25) is 24.1 Å². The monoisotopic (exact) mass is 508 g/mol. The first-order valence-corrected chi connectivity index (χ1v) is 12.0. The first-order valence-electron chi connectivity index (χ1n) is 12.0. The summed E-state index contributed by atoms with van der Waals surface area (Å²) in [5, 5.41) is 0. The molecule has 2 aromatic rings. The molecule has 194 valence electrons. The average molecular weight is 509 g/mol. The lowest BCUT2D eigenvalue weighted by Gasteiger charge is -2.30. The quantitative estimate of drug-likeness (QED) is 0.292. The van der Waals surface area contributed by atoms with E-state index in [0.717, 1.165) is 23.1 Å². The van der Waals surface area contributed by atoms with Crippen LogP contribution < -0.4 is 9.47 Å². The molecule has 2 heterocycles. The average Bonchev–Trinajstić information content (AvgIpc) is 3.17. The number of rotatable bonds is 9. The predicted octanol–water partition coefficient (Wildman–Crippen LogP) is 3.05. The van der Waals surface area contributed by atoms with Crippen LogP contribution in [0, 0.1) is 17.7 Å². The van der Waals surface area contributed by atoms with Gasteiger partial charge in [-0.2, -0.15) is 0 Å². The SMILES string of the molecule is COc1ccc(CN2C(=O)C=C(C(C(=O)c3ccc(F)cc3)C(=O)C3CCN(C)CC3)C2=O)c(OC)c1. The van der Waals surface area contributed by atoms with E-state index in [0.29, 0.717) is 43.0 Å². The highest BCUT2D eigenvalue weighted by Crippen LogP contribution is 2.33. The molecular weight excluding hydrogens is 479 g/mol. The van der Waals surface area contributed by atoms with Crippen LogP contribution in [0.2, 0.25) is 0 Å². The van der Waals surface area contributed by atoms with Crippen LogP contribution in [0.1, 0.15) is 28.8 Å². The molecule has 2 aliphatic heterocycles. The molecule has 0 saturated carbocycles. The van der Waals surface area contributed by atoms with E-state index < -0.39 is 41.0 Å². The lowest BCUT2D eigenvalue weighted by atomic mass is 9.78. The predicted molar refractivity (Wildman–Crippen MR) is 133 cm³/mol. The Morgan fingerprint density at radius 2 is 1.70 bits per heavy atom. The van der Waals surface area contributed by atoms with Gasteiger partial charge < -0.3 is 14.4 Å². The molecule has 0 radical (unpaired) electrons. The molecule has 1 atom stereocenters. The molecule has 0 bridgehead atoms. The smallest absolute Gasteiger partial charge is 0.258 e. The van der Waals surface area contributed by atoms with Crippen LogP contribution in [-0.2, 0) is 20.9 Å². The van der Waals surface area contributed by atoms with Crippen molar-refractivity contribution in [3.05, 3.63) is 71.1 Å². The highest BCUT2D eigenvalue weighted by atomic mass is 19.1. The standard InChI is InChI=1S/C28H29FN2O6/c1-30-12-10-18(11-13-30)27(34)25(26(33)17-4-7-20(29)8-5-17)22-15-24(32)31(28(22)35)16-19-6-9-21(36-2)14-23(19)37-3/h4-9,14-15,18,25H,10-13,16H2,1-3H3. The van der Waals surface area contributed by atoms with Crippen LogP contribution >= 0.6 is 0 Å². The van der Waals surface area contributed by atoms with Gasteiger partial charge in [-0.15, -0.1) is 0 Å². The summed E-state index contributed by atoms with van der Waals surface area (Å²) in [5.41, 5.74) is 0.502. The van der Waals surface area contributed by atoms with Crippen molar-refractivity contribution in [1.29, 1.82) is 0 Å². The van der Waals surface area contributed by atoms with E-state index >= 15 is 0 Å². The van der Waals surface area contributed by atoms with Crippen molar-refractivity contribution >= 4 is 23.4 Å². The number of amides is 2. The van der Waals surface area contributed by atoms with Crippen LogP contribution in [0.4, 0.5) is 4.39 Å². The summed E-state index contributed by atoms with van der Waals surface area (Å²) in [4.78, 5) is 56.8. The van der Waals surface area contributed by atoms with E-state index in [1.807, 2.05) is 7.05 Å². The number of carbonyl (C=O) groups is 4. The Kier molecular flexibility index (Phi) is 7.83. The number of ether oxygens (including phenoxy) is 2. The van der Waals surface area contributed by atoms with Crippen molar-refractivity contribution in [3.63, 3.8) is 0 Å². The normalized spacial score (nSPS) is 17.5. The van der Waals surface area contributed by atoms with Gasteiger partial charge in [0.25, 0.3) is 11.8 Å². The fraction of sp³-hybridized carbons (Fsp3) is 0.357. The molecule has 2 amide bonds. The third kappa shape index (κ3) is 5.46. The fourth-order valence-electron chi connectivity index (χ4n) is 4.77. The topological polar surface area (TPSA) is 93.2 Å². The summed E-state index contributed by atoms with van der Waals surface area (Å²) in [6, 6.07) is 9.83. The highest BCUT2D eigenvalue weighted by Gasteiger charge is 2.44. The van der Waals surface area contributed by atoms with E-state index in [1.165, 1.54) is 26.4 Å². The minimum Gasteiger partial charge on any atom is -0.497 e. The lowest BCUT2D eigenvalue weighted by molar-refractivity contribution is -0.139. The summed E-state index contributed by atoms with van der Waals surface area (Å²) >= 11 is 0. The Balaban J connectivity index is 1.65. The molecule has 1 saturated heterocycles. The number of hydrogen-bond donors (Lipinski definition) is 0. The third-order valence-electron chi connectivity index (χ3n) is 6.97. The fourth-order valence-corrected chi connectivity index (χ4v) is 4.77. The van der Waals surface area contributed by atoms with Crippen molar-refractivity contribution in [3.8, 4) is 11.5 Å². The number of methoxy groups -OCH3 is 2. The molecule has 0 N–H and O–H groups in total. The Morgan fingerprint density at radius 1 is 1.03 bits per heavy atom. The molecular formula is C28H29FN2O6. The number of halogens is 1. The van der Waals surface area contributed by atoms with E-state index in [2.05, 4.69) is 4.90 Å². The van der Waals surface area contributed by atoms with Gasteiger partial charge in [0.15, 0.2) is 11.6 Å². The number of nitrogens with zero attached hydrogens (tertiary/aromatic N) is 2. The number of likely N-dealkylation sites (tertiary alicyclic amines) is 1. The molecule has 1 unspecified atom stereocenters. The summed E-state index contributed by atoms with van der Waals surface area (Å²) in [6.07, 6.45) is 2.17. The largest absolute Gasteiger partial charge is 0.497 e. The molecule has 8 nitrogen and oxygen atoms in total. The number of carbonyl (C=O) groups excluding carboxylic acids is 4. The summed E-state index contributed by atoms with van der Waals surface area (Å²) in [5.74, 6) is -3.76. The Hall–Kier alpha value is -3.85. The highest BCUT2D eigenvalue weighted by molar-refractivity contribution is 6.25. The molecule has 37 heavy (non-hydrogen) atoms. The number of ketones is 2. The zero-order valence-electron chi connectivity index (χ0n) is 21.0. The van der Waals surface area contributed by atoms with Crippen LogP contribution in [0.15, 0.2) is 54.1 Å². The molecule has 1 fully saturated rings. The van der Waals surface area contributed by atoms with Gasteiger partial charge in [0, 0.05) is 34.8 Å². The molecule has 0 aliphatic carbocycles. The first kappa shape index (κ1) is 26.2. The van der Waals surface area contributed by atoms with Gasteiger partial charge in [-0.1, -0.05) is 0 Å². The molecule has 4 rings (SSSR count). The summed E-state index contributed by atoms with van der Waals surface area (Å²) < 4.78 is 24.1. The maximum absolute atomic E-state index is 13.7. The molecule has 0 spiro atoms. The van der Waals surface area contributed by atoms with Gasteiger partial charge >= 0.3 is 0 Å².